The Balaban J connectivity index is 1.49. The monoisotopic (exact) mass is 388 g/mol. The summed E-state index contributed by atoms with van der Waals surface area (Å²) in [6.45, 7) is 4.66. The molecule has 1 heterocycles. The van der Waals surface area contributed by atoms with Crippen LogP contribution in [0.1, 0.15) is 58.8 Å². The molecule has 0 saturated heterocycles. The second kappa shape index (κ2) is 5.93. The summed E-state index contributed by atoms with van der Waals surface area (Å²) in [6, 6.07) is 0. The molecule has 0 aromatic carbocycles. The molecular formula is C23H32O5. The first-order valence-electron chi connectivity index (χ1n) is 10.9. The van der Waals surface area contributed by atoms with Crippen LogP contribution in [0.25, 0.3) is 0 Å². The number of carbonyl (C=O) groups excluding carboxylic acids is 1. The van der Waals surface area contributed by atoms with Gasteiger partial charge in [-0.2, -0.15) is 0 Å². The summed E-state index contributed by atoms with van der Waals surface area (Å²) in [5.41, 5.74) is 0.541. The molecule has 5 heteroatoms. The number of rotatable bonds is 1. The highest BCUT2D eigenvalue weighted by atomic mass is 16.5. The first-order chi connectivity index (χ1) is 13.2. The molecule has 5 rings (SSSR count). The summed E-state index contributed by atoms with van der Waals surface area (Å²) in [6.07, 6.45) is 8.30. The lowest BCUT2D eigenvalue weighted by Gasteiger charge is -2.64. The predicted molar refractivity (Wildman–Crippen MR) is 103 cm³/mol. The van der Waals surface area contributed by atoms with Crippen LogP contribution in [0.4, 0.5) is 0 Å². The summed E-state index contributed by atoms with van der Waals surface area (Å²) >= 11 is 0. The van der Waals surface area contributed by atoms with Gasteiger partial charge >= 0.3 is 5.97 Å². The van der Waals surface area contributed by atoms with Gasteiger partial charge in [0.25, 0.3) is 0 Å². The molecule has 3 saturated carbocycles. The Labute approximate surface area is 166 Å². The van der Waals surface area contributed by atoms with Crippen LogP contribution in [0.2, 0.25) is 0 Å². The van der Waals surface area contributed by atoms with Crippen molar-refractivity contribution in [2.24, 2.45) is 28.6 Å². The molecule has 0 spiro atoms. The van der Waals surface area contributed by atoms with E-state index in [1.807, 2.05) is 0 Å². The van der Waals surface area contributed by atoms with Crippen LogP contribution in [0.15, 0.2) is 23.3 Å². The molecule has 154 valence electrons. The standard InChI is InChI=1S/C23H32O5/c1-21-7-5-17-18(4-3-14-10-15(24)11-19(25)22(14,17)2)23(21,27)8-6-16(21)13-9-20(26)28-12-13/h6,9,14-15,17-19,24-25,27H,3-5,7-8,10-12H2,1-2H3. The molecule has 1 aliphatic heterocycles. The van der Waals surface area contributed by atoms with Crippen molar-refractivity contribution >= 4 is 5.97 Å². The number of hydrogen-bond acceptors (Lipinski definition) is 5. The van der Waals surface area contributed by atoms with Crippen molar-refractivity contribution in [1.82, 2.24) is 0 Å². The lowest BCUT2D eigenvalue weighted by Crippen LogP contribution is -2.64. The van der Waals surface area contributed by atoms with Crippen LogP contribution >= 0.6 is 0 Å². The van der Waals surface area contributed by atoms with E-state index in [4.69, 9.17) is 4.74 Å². The number of ether oxygens (including phenoxy) is 1. The highest BCUT2D eigenvalue weighted by Gasteiger charge is 2.67. The molecule has 3 fully saturated rings. The molecule has 0 amide bonds. The molecule has 4 aliphatic carbocycles. The van der Waals surface area contributed by atoms with E-state index >= 15 is 0 Å². The number of carbonyl (C=O) groups is 1. The molecule has 8 atom stereocenters. The molecule has 0 aromatic heterocycles. The third-order valence-corrected chi connectivity index (χ3v) is 9.50. The predicted octanol–water partition coefficient (Wildman–Crippen LogP) is 2.50. The Morgan fingerprint density at radius 2 is 1.89 bits per heavy atom. The van der Waals surface area contributed by atoms with Crippen LogP contribution in [0, 0.1) is 28.6 Å². The van der Waals surface area contributed by atoms with E-state index in [-0.39, 0.29) is 28.6 Å². The van der Waals surface area contributed by atoms with Crippen LogP contribution < -0.4 is 0 Å². The van der Waals surface area contributed by atoms with Gasteiger partial charge in [-0.15, -0.1) is 0 Å². The highest BCUT2D eigenvalue weighted by Crippen LogP contribution is 2.68. The summed E-state index contributed by atoms with van der Waals surface area (Å²) in [7, 11) is 0. The number of aliphatic hydroxyl groups is 3. The maximum Gasteiger partial charge on any atom is 0.331 e. The fourth-order valence-electron chi connectivity index (χ4n) is 7.85. The smallest absolute Gasteiger partial charge is 0.331 e. The number of esters is 1. The average Bonchev–Trinajstić information content (AvgIpc) is 3.17. The van der Waals surface area contributed by atoms with Crippen molar-refractivity contribution in [2.45, 2.75) is 76.6 Å². The van der Waals surface area contributed by atoms with E-state index in [9.17, 15) is 20.1 Å². The summed E-state index contributed by atoms with van der Waals surface area (Å²) < 4.78 is 5.14. The van der Waals surface area contributed by atoms with E-state index in [1.165, 1.54) is 0 Å². The fourth-order valence-corrected chi connectivity index (χ4v) is 7.85. The van der Waals surface area contributed by atoms with Gasteiger partial charge in [-0.3, -0.25) is 0 Å². The van der Waals surface area contributed by atoms with Gasteiger partial charge in [0.15, 0.2) is 0 Å². The molecule has 5 nitrogen and oxygen atoms in total. The maximum absolute atomic E-state index is 12.1. The summed E-state index contributed by atoms with van der Waals surface area (Å²) in [5.74, 6) is 0.415. The summed E-state index contributed by atoms with van der Waals surface area (Å²) in [4.78, 5) is 11.6. The minimum atomic E-state index is -0.846. The van der Waals surface area contributed by atoms with Crippen molar-refractivity contribution in [3.05, 3.63) is 23.3 Å². The lowest BCUT2D eigenvalue weighted by molar-refractivity contribution is -0.223. The molecule has 3 N–H and O–H groups in total. The van der Waals surface area contributed by atoms with Gasteiger partial charge in [0.05, 0.1) is 17.8 Å². The van der Waals surface area contributed by atoms with Gasteiger partial charge in [0, 0.05) is 17.1 Å². The Morgan fingerprint density at radius 1 is 1.11 bits per heavy atom. The van der Waals surface area contributed by atoms with Crippen molar-refractivity contribution < 1.29 is 24.9 Å². The first-order valence-corrected chi connectivity index (χ1v) is 10.9. The molecular weight excluding hydrogens is 356 g/mol. The number of cyclic esters (lactones) is 1. The average molecular weight is 389 g/mol. The maximum atomic E-state index is 12.1. The summed E-state index contributed by atoms with van der Waals surface area (Å²) in [5, 5.41) is 33.3. The fraction of sp³-hybridized carbons (Fsp3) is 0.783. The van der Waals surface area contributed by atoms with E-state index in [0.29, 0.717) is 25.4 Å². The third kappa shape index (κ3) is 2.21. The minimum absolute atomic E-state index is 0.129. The second-order valence-corrected chi connectivity index (χ2v) is 10.4. The van der Waals surface area contributed by atoms with Crippen molar-refractivity contribution in [2.75, 3.05) is 6.61 Å². The number of hydrogen-bond donors (Lipinski definition) is 3. The topological polar surface area (TPSA) is 87.0 Å². The zero-order valence-corrected chi connectivity index (χ0v) is 16.9. The Morgan fingerprint density at radius 3 is 2.61 bits per heavy atom. The van der Waals surface area contributed by atoms with Gasteiger partial charge < -0.3 is 20.1 Å². The van der Waals surface area contributed by atoms with Gasteiger partial charge in [0.2, 0.25) is 0 Å². The van der Waals surface area contributed by atoms with Gasteiger partial charge in [-0.25, -0.2) is 4.79 Å². The third-order valence-electron chi connectivity index (χ3n) is 9.50. The first kappa shape index (κ1) is 18.8. The van der Waals surface area contributed by atoms with Crippen LogP contribution in [0.5, 0.6) is 0 Å². The normalized spacial score (nSPS) is 52.9. The van der Waals surface area contributed by atoms with Gasteiger partial charge in [0.1, 0.15) is 6.61 Å². The highest BCUT2D eigenvalue weighted by molar-refractivity contribution is 5.86. The van der Waals surface area contributed by atoms with Crippen LogP contribution in [-0.4, -0.2) is 45.7 Å². The zero-order chi connectivity index (χ0) is 19.9. The second-order valence-electron chi connectivity index (χ2n) is 10.4. The number of fused-ring (bicyclic) bond motifs is 5. The largest absolute Gasteiger partial charge is 0.458 e. The van der Waals surface area contributed by atoms with E-state index in [0.717, 1.165) is 43.3 Å². The minimum Gasteiger partial charge on any atom is -0.458 e. The Hall–Kier alpha value is -1.17. The molecule has 0 bridgehead atoms. The number of aliphatic hydroxyl groups excluding tert-OH is 2. The van der Waals surface area contributed by atoms with Crippen LogP contribution in [-0.2, 0) is 9.53 Å². The van der Waals surface area contributed by atoms with E-state index < -0.39 is 17.8 Å². The lowest BCUT2D eigenvalue weighted by atomic mass is 9.42. The molecule has 0 radical (unpaired) electrons. The van der Waals surface area contributed by atoms with Gasteiger partial charge in [-0.05, 0) is 73.7 Å². The SMILES string of the molecule is CC12C(O)CC(O)CC1CCC1C2CCC2(C)C(C3=CC(=O)OC3)=CCC12O. The van der Waals surface area contributed by atoms with Gasteiger partial charge in [-0.1, -0.05) is 19.9 Å². The van der Waals surface area contributed by atoms with E-state index in [2.05, 4.69) is 19.9 Å². The Bertz CT molecular complexity index is 771. The molecule has 28 heavy (non-hydrogen) atoms. The van der Waals surface area contributed by atoms with Crippen molar-refractivity contribution in [3.8, 4) is 0 Å². The quantitative estimate of drug-likeness (QED) is 0.601. The molecule has 5 aliphatic rings. The van der Waals surface area contributed by atoms with E-state index in [1.54, 1.807) is 6.08 Å². The van der Waals surface area contributed by atoms with Crippen molar-refractivity contribution in [1.29, 1.82) is 0 Å². The molecule has 0 aromatic rings. The Kier molecular flexibility index (Phi) is 3.99. The molecule has 8 unspecified atom stereocenters. The van der Waals surface area contributed by atoms with Crippen molar-refractivity contribution in [3.63, 3.8) is 0 Å². The van der Waals surface area contributed by atoms with Crippen LogP contribution in [0.3, 0.4) is 0 Å². The zero-order valence-electron chi connectivity index (χ0n) is 16.9.